The summed E-state index contributed by atoms with van der Waals surface area (Å²) in [6, 6.07) is 5.04. The van der Waals surface area contributed by atoms with Crippen molar-refractivity contribution in [2.45, 2.75) is 6.42 Å². The molecule has 0 atom stereocenters. The van der Waals surface area contributed by atoms with E-state index in [4.69, 9.17) is 23.2 Å². The number of halogens is 2. The van der Waals surface area contributed by atoms with Gasteiger partial charge in [0, 0.05) is 6.54 Å². The lowest BCUT2D eigenvalue weighted by Gasteiger charge is -2.01. The van der Waals surface area contributed by atoms with Gasteiger partial charge in [0.15, 0.2) is 9.84 Å². The molecule has 7 heteroatoms. The van der Waals surface area contributed by atoms with Gasteiger partial charge in [-0.05, 0) is 30.2 Å². The first-order valence-corrected chi connectivity index (χ1v) is 8.65. The van der Waals surface area contributed by atoms with Crippen LogP contribution in [0.25, 0.3) is 6.08 Å². The fourth-order valence-electron chi connectivity index (χ4n) is 1.84. The van der Waals surface area contributed by atoms with Crippen LogP contribution in [-0.2, 0) is 14.6 Å². The van der Waals surface area contributed by atoms with Gasteiger partial charge in [0.1, 0.15) is 4.91 Å². The van der Waals surface area contributed by atoms with E-state index in [0.717, 1.165) is 5.56 Å². The molecule has 112 valence electrons. The van der Waals surface area contributed by atoms with Gasteiger partial charge in [-0.25, -0.2) is 8.42 Å². The summed E-state index contributed by atoms with van der Waals surface area (Å²) in [6.45, 7) is 0.367. The van der Waals surface area contributed by atoms with Crippen molar-refractivity contribution in [2.75, 3.05) is 12.3 Å². The van der Waals surface area contributed by atoms with Gasteiger partial charge >= 0.3 is 0 Å². The van der Waals surface area contributed by atoms with E-state index in [2.05, 4.69) is 5.32 Å². The number of hydrogen-bond donors (Lipinski definition) is 1. The lowest BCUT2D eigenvalue weighted by Crippen LogP contribution is -2.25. The summed E-state index contributed by atoms with van der Waals surface area (Å²) >= 11 is 11.7. The Balaban J connectivity index is 2.27. The first-order valence-electron chi connectivity index (χ1n) is 6.24. The normalized spacial score (nSPS) is 20.5. The molecule has 1 saturated heterocycles. The molecule has 1 N–H and O–H groups in total. The number of hydrogen-bond acceptors (Lipinski definition) is 3. The number of carbonyl (C=O) groups is 1. The molecule has 1 heterocycles. The molecule has 1 aliphatic rings. The van der Waals surface area contributed by atoms with E-state index in [1.807, 2.05) is 0 Å². The molecule has 1 amide bonds. The molecule has 1 fully saturated rings. The van der Waals surface area contributed by atoms with Crippen LogP contribution < -0.4 is 5.32 Å². The van der Waals surface area contributed by atoms with Gasteiger partial charge in [0.25, 0.3) is 5.91 Å². The van der Waals surface area contributed by atoms with Gasteiger partial charge in [-0.1, -0.05) is 41.4 Å². The second-order valence-corrected chi connectivity index (χ2v) is 7.38. The third-order valence-corrected chi connectivity index (χ3v) is 5.47. The predicted molar refractivity (Wildman–Crippen MR) is 85.0 cm³/mol. The summed E-state index contributed by atoms with van der Waals surface area (Å²) in [4.78, 5) is 11.5. The molecule has 1 aromatic rings. The molecule has 1 aromatic carbocycles. The van der Waals surface area contributed by atoms with Crippen molar-refractivity contribution in [3.05, 3.63) is 50.9 Å². The second-order valence-electron chi connectivity index (χ2n) is 4.49. The Morgan fingerprint density at radius 3 is 2.67 bits per heavy atom. The van der Waals surface area contributed by atoms with Crippen LogP contribution in [0.4, 0.5) is 0 Å². The first kappa shape index (κ1) is 16.1. The average Bonchev–Trinajstić information content (AvgIpc) is 2.54. The summed E-state index contributed by atoms with van der Waals surface area (Å²) in [5.41, 5.74) is 0.757. The van der Waals surface area contributed by atoms with E-state index in [0.29, 0.717) is 23.0 Å². The predicted octanol–water partition coefficient (Wildman–Crippen LogP) is 2.83. The van der Waals surface area contributed by atoms with Crippen LogP contribution in [0.2, 0.25) is 10.0 Å². The maximum Gasteiger partial charge on any atom is 0.262 e. The Hall–Kier alpha value is -1.30. The van der Waals surface area contributed by atoms with Crippen molar-refractivity contribution in [1.29, 1.82) is 0 Å². The highest BCUT2D eigenvalue weighted by atomic mass is 35.5. The molecule has 0 saturated carbocycles. The summed E-state index contributed by atoms with van der Waals surface area (Å²) in [7, 11) is -3.53. The molecule has 21 heavy (non-hydrogen) atoms. The summed E-state index contributed by atoms with van der Waals surface area (Å²) in [5, 5.41) is 3.41. The zero-order valence-corrected chi connectivity index (χ0v) is 13.3. The number of nitrogens with one attached hydrogen (secondary N) is 1. The van der Waals surface area contributed by atoms with E-state index in [1.165, 1.54) is 12.2 Å². The molecular weight excluding hydrogens is 333 g/mol. The standard InChI is InChI=1S/C14H13Cl2NO3S/c15-11-6-5-10(9-12(11)16)3-1-4-13-14(18)17-7-2-8-21(13,19)20/h1,3-6,9H,2,7-8H2,(H,17,18)/b3-1+,13-4+. The number of sulfone groups is 1. The van der Waals surface area contributed by atoms with Crippen molar-refractivity contribution in [3.63, 3.8) is 0 Å². The number of rotatable bonds is 2. The Bertz CT molecular complexity index is 724. The number of benzene rings is 1. The van der Waals surface area contributed by atoms with Crippen molar-refractivity contribution in [3.8, 4) is 0 Å². The Kier molecular flexibility index (Phi) is 5.08. The van der Waals surface area contributed by atoms with Crippen LogP contribution in [0.5, 0.6) is 0 Å². The molecule has 0 aromatic heterocycles. The van der Waals surface area contributed by atoms with Crippen LogP contribution in [0, 0.1) is 0 Å². The topological polar surface area (TPSA) is 63.2 Å². The van der Waals surface area contributed by atoms with Crippen LogP contribution in [0.3, 0.4) is 0 Å². The largest absolute Gasteiger partial charge is 0.351 e. The van der Waals surface area contributed by atoms with Crippen LogP contribution in [0.1, 0.15) is 12.0 Å². The van der Waals surface area contributed by atoms with Gasteiger partial charge in [-0.15, -0.1) is 0 Å². The maximum absolute atomic E-state index is 12.0. The number of amides is 1. The number of allylic oxidation sites excluding steroid dienone is 2. The summed E-state index contributed by atoms with van der Waals surface area (Å²) < 4.78 is 23.9. The average molecular weight is 346 g/mol. The molecule has 2 rings (SSSR count). The SMILES string of the molecule is O=C1NCCCS(=O)(=O)/C1=C/C=C/c1ccc(Cl)c(Cl)c1. The smallest absolute Gasteiger partial charge is 0.262 e. The Morgan fingerprint density at radius 2 is 1.95 bits per heavy atom. The molecule has 1 aliphatic heterocycles. The van der Waals surface area contributed by atoms with Crippen molar-refractivity contribution in [2.24, 2.45) is 0 Å². The third kappa shape index (κ3) is 4.09. The molecule has 0 unspecified atom stereocenters. The monoisotopic (exact) mass is 345 g/mol. The number of carbonyl (C=O) groups excluding carboxylic acids is 1. The van der Waals surface area contributed by atoms with E-state index >= 15 is 0 Å². The quantitative estimate of drug-likeness (QED) is 0.838. The minimum Gasteiger partial charge on any atom is -0.351 e. The molecular formula is C14H13Cl2NO3S. The van der Waals surface area contributed by atoms with Crippen molar-refractivity contribution < 1.29 is 13.2 Å². The van der Waals surface area contributed by atoms with Gasteiger partial charge in [-0.2, -0.15) is 0 Å². The van der Waals surface area contributed by atoms with Crippen molar-refractivity contribution in [1.82, 2.24) is 5.32 Å². The van der Waals surface area contributed by atoms with E-state index in [9.17, 15) is 13.2 Å². The first-order chi connectivity index (χ1) is 9.90. The Labute approximate surface area is 133 Å². The summed E-state index contributed by atoms with van der Waals surface area (Å²) in [6.07, 6.45) is 4.89. The zero-order valence-electron chi connectivity index (χ0n) is 11.0. The molecule has 0 bridgehead atoms. The van der Waals surface area contributed by atoms with Crippen LogP contribution in [0.15, 0.2) is 35.3 Å². The minimum absolute atomic E-state index is 0.0296. The highest BCUT2D eigenvalue weighted by Gasteiger charge is 2.26. The highest BCUT2D eigenvalue weighted by molar-refractivity contribution is 7.96. The van der Waals surface area contributed by atoms with Gasteiger partial charge < -0.3 is 5.32 Å². The lowest BCUT2D eigenvalue weighted by atomic mass is 10.2. The molecule has 4 nitrogen and oxygen atoms in total. The van der Waals surface area contributed by atoms with Gasteiger partial charge in [-0.3, -0.25) is 4.79 Å². The Morgan fingerprint density at radius 1 is 1.19 bits per heavy atom. The molecule has 0 radical (unpaired) electrons. The fourth-order valence-corrected chi connectivity index (χ4v) is 3.54. The van der Waals surface area contributed by atoms with Crippen molar-refractivity contribution >= 4 is 45.0 Å². The van der Waals surface area contributed by atoms with Gasteiger partial charge in [0.05, 0.1) is 15.8 Å². The highest BCUT2D eigenvalue weighted by Crippen LogP contribution is 2.23. The minimum atomic E-state index is -3.53. The lowest BCUT2D eigenvalue weighted by molar-refractivity contribution is -0.116. The molecule has 0 aliphatic carbocycles. The molecule has 0 spiro atoms. The van der Waals surface area contributed by atoms with Gasteiger partial charge in [0.2, 0.25) is 0 Å². The van der Waals surface area contributed by atoms with E-state index in [1.54, 1.807) is 24.3 Å². The summed E-state index contributed by atoms with van der Waals surface area (Å²) in [5.74, 6) is -0.593. The maximum atomic E-state index is 12.0. The second kappa shape index (κ2) is 6.64. The third-order valence-electron chi connectivity index (χ3n) is 2.91. The zero-order chi connectivity index (χ0) is 15.5. The van der Waals surface area contributed by atoms with Crippen LogP contribution in [-0.4, -0.2) is 26.6 Å². The fraction of sp³-hybridized carbons (Fsp3) is 0.214. The van der Waals surface area contributed by atoms with Crippen LogP contribution >= 0.6 is 23.2 Å². The van der Waals surface area contributed by atoms with E-state index < -0.39 is 15.7 Å². The van der Waals surface area contributed by atoms with E-state index in [-0.39, 0.29) is 10.7 Å².